The van der Waals surface area contributed by atoms with E-state index < -0.39 is 0 Å². The number of aromatic nitrogens is 3. The molecule has 0 spiro atoms. The Bertz CT molecular complexity index is 937. The minimum atomic E-state index is -0.322. The molecule has 0 saturated heterocycles. The molecule has 5 nitrogen and oxygen atoms in total. The number of esters is 1. The van der Waals surface area contributed by atoms with Crippen molar-refractivity contribution in [3.05, 3.63) is 65.2 Å². The van der Waals surface area contributed by atoms with Crippen LogP contribution in [0.25, 0.3) is 11.4 Å². The minimum Gasteiger partial charge on any atom is -0.465 e. The third-order valence-electron chi connectivity index (χ3n) is 4.16. The molecule has 0 saturated carbocycles. The Morgan fingerprint density at radius 2 is 1.96 bits per heavy atom. The fourth-order valence-electron chi connectivity index (χ4n) is 2.87. The van der Waals surface area contributed by atoms with Crippen molar-refractivity contribution in [2.45, 2.75) is 37.7 Å². The van der Waals surface area contributed by atoms with Gasteiger partial charge in [0.25, 0.3) is 0 Å². The molecule has 1 heterocycles. The monoisotopic (exact) mass is 381 g/mol. The minimum absolute atomic E-state index is 0.322. The van der Waals surface area contributed by atoms with Gasteiger partial charge in [-0.2, -0.15) is 0 Å². The molecule has 6 heteroatoms. The third kappa shape index (κ3) is 4.57. The van der Waals surface area contributed by atoms with Crippen molar-refractivity contribution in [1.82, 2.24) is 14.8 Å². The highest BCUT2D eigenvalue weighted by molar-refractivity contribution is 7.98. The number of benzene rings is 2. The van der Waals surface area contributed by atoms with Gasteiger partial charge in [-0.25, -0.2) is 4.79 Å². The van der Waals surface area contributed by atoms with Crippen LogP contribution in [0, 0.1) is 6.92 Å². The fraction of sp³-hybridized carbons (Fsp3) is 0.286. The molecule has 0 N–H and O–H groups in total. The molecule has 27 heavy (non-hydrogen) atoms. The molecule has 0 aliphatic rings. The van der Waals surface area contributed by atoms with Crippen LogP contribution in [0.2, 0.25) is 0 Å². The van der Waals surface area contributed by atoms with E-state index in [1.165, 1.54) is 12.7 Å². The molecule has 0 aliphatic heterocycles. The number of hydrogen-bond acceptors (Lipinski definition) is 5. The molecular weight excluding hydrogens is 358 g/mol. The number of hydrogen-bond donors (Lipinski definition) is 0. The quantitative estimate of drug-likeness (QED) is 0.437. The normalized spacial score (nSPS) is 10.8. The highest BCUT2D eigenvalue weighted by atomic mass is 32.2. The van der Waals surface area contributed by atoms with Crippen molar-refractivity contribution in [2.75, 3.05) is 7.11 Å². The van der Waals surface area contributed by atoms with E-state index in [1.807, 2.05) is 24.3 Å². The molecule has 0 radical (unpaired) electrons. The average molecular weight is 382 g/mol. The Morgan fingerprint density at radius 3 is 2.70 bits per heavy atom. The van der Waals surface area contributed by atoms with E-state index in [1.54, 1.807) is 17.8 Å². The van der Waals surface area contributed by atoms with Gasteiger partial charge in [0.05, 0.1) is 12.7 Å². The predicted octanol–water partition coefficient (Wildman–Crippen LogP) is 4.74. The number of carbonyl (C=O) groups excluding carboxylic acids is 1. The summed E-state index contributed by atoms with van der Waals surface area (Å²) in [4.78, 5) is 11.7. The predicted molar refractivity (Wildman–Crippen MR) is 108 cm³/mol. The number of aryl methyl sites for hydroxylation is 1. The summed E-state index contributed by atoms with van der Waals surface area (Å²) in [7, 11) is 1.39. The Kier molecular flexibility index (Phi) is 6.29. The first-order valence-electron chi connectivity index (χ1n) is 8.92. The lowest BCUT2D eigenvalue weighted by Gasteiger charge is -2.09. The number of rotatable bonds is 7. The second kappa shape index (κ2) is 8.86. The zero-order chi connectivity index (χ0) is 19.2. The van der Waals surface area contributed by atoms with Gasteiger partial charge in [-0.1, -0.05) is 54.6 Å². The number of nitrogens with zero attached hydrogens (tertiary/aromatic N) is 3. The molecule has 0 aliphatic carbocycles. The zero-order valence-electron chi connectivity index (χ0n) is 15.8. The van der Waals surface area contributed by atoms with Crippen LogP contribution < -0.4 is 0 Å². The van der Waals surface area contributed by atoms with Crippen molar-refractivity contribution in [3.8, 4) is 11.4 Å². The third-order valence-corrected chi connectivity index (χ3v) is 5.19. The van der Waals surface area contributed by atoms with Crippen LogP contribution in [0.15, 0.2) is 53.7 Å². The average Bonchev–Trinajstić information content (AvgIpc) is 3.09. The van der Waals surface area contributed by atoms with E-state index in [2.05, 4.69) is 46.8 Å². The van der Waals surface area contributed by atoms with Gasteiger partial charge in [0.2, 0.25) is 0 Å². The van der Waals surface area contributed by atoms with Gasteiger partial charge < -0.3 is 9.30 Å². The Hall–Kier alpha value is -2.60. The standard InChI is InChI=1S/C21H23N3O2S/c1-4-11-24-19(17-9-5-7-15(2)12-17)22-23-21(24)27-14-16-8-6-10-18(13-16)20(25)26-3/h5-10,12-13H,4,11,14H2,1-3H3. The largest absolute Gasteiger partial charge is 0.465 e. The van der Waals surface area contributed by atoms with Gasteiger partial charge in [-0.3, -0.25) is 0 Å². The van der Waals surface area contributed by atoms with E-state index in [0.717, 1.165) is 35.1 Å². The number of methoxy groups -OCH3 is 1. The van der Waals surface area contributed by atoms with Gasteiger partial charge in [0.15, 0.2) is 11.0 Å². The highest BCUT2D eigenvalue weighted by Gasteiger charge is 2.14. The van der Waals surface area contributed by atoms with Crippen molar-refractivity contribution in [3.63, 3.8) is 0 Å². The summed E-state index contributed by atoms with van der Waals surface area (Å²) < 4.78 is 6.97. The maximum atomic E-state index is 11.7. The lowest BCUT2D eigenvalue weighted by molar-refractivity contribution is 0.0600. The summed E-state index contributed by atoms with van der Waals surface area (Å²) in [5.74, 6) is 1.28. The molecule has 0 unspecified atom stereocenters. The molecule has 0 fully saturated rings. The van der Waals surface area contributed by atoms with Crippen molar-refractivity contribution in [1.29, 1.82) is 0 Å². The SMILES string of the molecule is CCCn1c(SCc2cccc(C(=O)OC)c2)nnc1-c1cccc(C)c1. The van der Waals surface area contributed by atoms with Gasteiger partial charge in [-0.05, 0) is 37.1 Å². The molecule has 0 amide bonds. The van der Waals surface area contributed by atoms with E-state index in [0.29, 0.717) is 11.3 Å². The van der Waals surface area contributed by atoms with Crippen molar-refractivity contribution < 1.29 is 9.53 Å². The molecule has 3 aromatic rings. The molecule has 1 aromatic heterocycles. The zero-order valence-corrected chi connectivity index (χ0v) is 16.6. The summed E-state index contributed by atoms with van der Waals surface area (Å²) in [5, 5.41) is 9.74. The van der Waals surface area contributed by atoms with E-state index >= 15 is 0 Å². The van der Waals surface area contributed by atoms with Crippen LogP contribution in [0.3, 0.4) is 0 Å². The topological polar surface area (TPSA) is 57.0 Å². The molecule has 2 aromatic carbocycles. The van der Waals surface area contributed by atoms with Crippen LogP contribution in [-0.4, -0.2) is 27.8 Å². The van der Waals surface area contributed by atoms with Gasteiger partial charge >= 0.3 is 5.97 Å². The summed E-state index contributed by atoms with van der Waals surface area (Å²) in [6.45, 7) is 5.09. The second-order valence-electron chi connectivity index (χ2n) is 6.31. The van der Waals surface area contributed by atoms with Gasteiger partial charge in [-0.15, -0.1) is 10.2 Å². The number of carbonyl (C=O) groups is 1. The second-order valence-corrected chi connectivity index (χ2v) is 7.25. The van der Waals surface area contributed by atoms with Crippen LogP contribution in [0.4, 0.5) is 0 Å². The van der Waals surface area contributed by atoms with Crippen LogP contribution in [0.1, 0.15) is 34.8 Å². The molecule has 0 bridgehead atoms. The summed E-state index contributed by atoms with van der Waals surface area (Å²) in [5.41, 5.74) is 3.89. The molecule has 140 valence electrons. The van der Waals surface area contributed by atoms with E-state index in [-0.39, 0.29) is 5.97 Å². The number of ether oxygens (including phenoxy) is 1. The Morgan fingerprint density at radius 1 is 1.15 bits per heavy atom. The fourth-order valence-corrected chi connectivity index (χ4v) is 3.78. The Labute approximate surface area is 163 Å². The van der Waals surface area contributed by atoms with Gasteiger partial charge in [0.1, 0.15) is 0 Å². The first-order chi connectivity index (χ1) is 13.1. The smallest absolute Gasteiger partial charge is 0.337 e. The van der Waals surface area contributed by atoms with Crippen LogP contribution in [-0.2, 0) is 17.0 Å². The lowest BCUT2D eigenvalue weighted by atomic mass is 10.1. The van der Waals surface area contributed by atoms with Gasteiger partial charge in [0, 0.05) is 17.9 Å². The maximum absolute atomic E-state index is 11.7. The summed E-state index contributed by atoms with van der Waals surface area (Å²) >= 11 is 1.63. The first-order valence-corrected chi connectivity index (χ1v) is 9.91. The highest BCUT2D eigenvalue weighted by Crippen LogP contribution is 2.27. The van der Waals surface area contributed by atoms with Crippen molar-refractivity contribution >= 4 is 17.7 Å². The lowest BCUT2D eigenvalue weighted by Crippen LogP contribution is -2.03. The summed E-state index contributed by atoms with van der Waals surface area (Å²) in [6, 6.07) is 15.8. The first kappa shape index (κ1) is 19.2. The van der Waals surface area contributed by atoms with E-state index in [4.69, 9.17) is 4.74 Å². The van der Waals surface area contributed by atoms with Crippen LogP contribution >= 0.6 is 11.8 Å². The summed E-state index contributed by atoms with van der Waals surface area (Å²) in [6.07, 6.45) is 1.00. The molecule has 0 atom stereocenters. The van der Waals surface area contributed by atoms with Crippen molar-refractivity contribution in [2.24, 2.45) is 0 Å². The van der Waals surface area contributed by atoms with E-state index in [9.17, 15) is 4.79 Å². The molecule has 3 rings (SSSR count). The van der Waals surface area contributed by atoms with Crippen LogP contribution in [0.5, 0.6) is 0 Å². The Balaban J connectivity index is 1.82. The molecular formula is C21H23N3O2S. The maximum Gasteiger partial charge on any atom is 0.337 e. The number of thioether (sulfide) groups is 1.